The Kier molecular flexibility index (Phi) is 5.99. The molecule has 2 aliphatic rings. The van der Waals surface area contributed by atoms with E-state index < -0.39 is 10.0 Å². The lowest BCUT2D eigenvalue weighted by Crippen LogP contribution is -2.63. The Morgan fingerprint density at radius 1 is 1.31 bits per heavy atom. The quantitative estimate of drug-likeness (QED) is 0.748. The van der Waals surface area contributed by atoms with Crippen LogP contribution >= 0.6 is 0 Å². The maximum atomic E-state index is 12.5. The molecule has 2 fully saturated rings. The zero-order valence-corrected chi connectivity index (χ0v) is 16.5. The van der Waals surface area contributed by atoms with Gasteiger partial charge in [0.25, 0.3) is 5.91 Å². The molecule has 0 radical (unpaired) electrons. The van der Waals surface area contributed by atoms with E-state index in [1.54, 1.807) is 22.2 Å². The van der Waals surface area contributed by atoms with Crippen molar-refractivity contribution in [2.75, 3.05) is 45.0 Å². The number of hydrogen-bond donors (Lipinski definition) is 1. The Hall–Kier alpha value is -1.45. The van der Waals surface area contributed by atoms with Gasteiger partial charge >= 0.3 is 0 Å². The lowest BCUT2D eigenvalue weighted by atomic mass is 10.1. The molecule has 0 aromatic carbocycles. The number of nitrogens with zero attached hydrogens (tertiary/aromatic N) is 4. The molecule has 1 aromatic rings. The van der Waals surface area contributed by atoms with Gasteiger partial charge in [-0.1, -0.05) is 6.42 Å². The Morgan fingerprint density at radius 2 is 2.00 bits per heavy atom. The third-order valence-corrected chi connectivity index (χ3v) is 7.21. The summed E-state index contributed by atoms with van der Waals surface area (Å²) in [7, 11) is -3.28. The molecule has 1 N–H and O–H groups in total. The summed E-state index contributed by atoms with van der Waals surface area (Å²) in [5.41, 5.74) is 1.22. The van der Waals surface area contributed by atoms with Crippen LogP contribution in [0.4, 0.5) is 0 Å². The number of carbonyl (C=O) groups is 1. The van der Waals surface area contributed by atoms with Crippen molar-refractivity contribution in [2.45, 2.75) is 39.2 Å². The third-order valence-electron chi connectivity index (χ3n) is 5.29. The van der Waals surface area contributed by atoms with Crippen LogP contribution in [0.1, 0.15) is 42.4 Å². The first kappa shape index (κ1) is 19.3. The van der Waals surface area contributed by atoms with Crippen LogP contribution in [0.3, 0.4) is 0 Å². The second-order valence-corrected chi connectivity index (χ2v) is 9.42. The van der Waals surface area contributed by atoms with Crippen molar-refractivity contribution in [2.24, 2.45) is 0 Å². The number of carbonyl (C=O) groups excluding carboxylic acids is 1. The van der Waals surface area contributed by atoms with Gasteiger partial charge < -0.3 is 9.80 Å². The molecule has 2 aliphatic heterocycles. The van der Waals surface area contributed by atoms with E-state index in [1.807, 2.05) is 6.92 Å². The molecule has 0 unspecified atom stereocenters. The highest BCUT2D eigenvalue weighted by Gasteiger charge is 2.40. The smallest absolute Gasteiger partial charge is 0.274 e. The number of rotatable bonds is 7. The van der Waals surface area contributed by atoms with Crippen LogP contribution in [0, 0.1) is 6.92 Å². The fourth-order valence-electron chi connectivity index (χ4n) is 3.63. The van der Waals surface area contributed by atoms with E-state index in [9.17, 15) is 13.2 Å². The highest BCUT2D eigenvalue weighted by atomic mass is 32.2. The largest absolute Gasteiger partial charge is 0.334 e. The van der Waals surface area contributed by atoms with E-state index in [0.717, 1.165) is 25.3 Å². The fourth-order valence-corrected chi connectivity index (χ4v) is 4.91. The van der Waals surface area contributed by atoms with Gasteiger partial charge in [0, 0.05) is 31.9 Å². The monoisotopic (exact) mass is 383 g/mol. The molecule has 3 rings (SSSR count). The zero-order chi connectivity index (χ0) is 18.7. The summed E-state index contributed by atoms with van der Waals surface area (Å²) in [6, 6.07) is 1.58. The van der Waals surface area contributed by atoms with Crippen molar-refractivity contribution in [1.29, 1.82) is 0 Å². The molecule has 0 bridgehead atoms. The number of piperidine rings is 1. The molecule has 1 amide bonds. The van der Waals surface area contributed by atoms with Gasteiger partial charge in [0.15, 0.2) is 0 Å². The first-order valence-electron chi connectivity index (χ1n) is 9.44. The van der Waals surface area contributed by atoms with Crippen LogP contribution in [-0.4, -0.2) is 89.7 Å². The van der Waals surface area contributed by atoms with Crippen molar-refractivity contribution in [3.63, 3.8) is 0 Å². The minimum Gasteiger partial charge on any atom is -0.334 e. The lowest BCUT2D eigenvalue weighted by Gasteiger charge is -2.44. The average molecular weight is 384 g/mol. The molecule has 146 valence electrons. The van der Waals surface area contributed by atoms with Crippen molar-refractivity contribution in [1.82, 2.24) is 24.3 Å². The number of H-pyrrole nitrogens is 1. The van der Waals surface area contributed by atoms with Gasteiger partial charge in [0.05, 0.1) is 11.8 Å². The first-order chi connectivity index (χ1) is 12.4. The van der Waals surface area contributed by atoms with Crippen LogP contribution in [0.15, 0.2) is 6.07 Å². The van der Waals surface area contributed by atoms with E-state index in [2.05, 4.69) is 15.1 Å². The van der Waals surface area contributed by atoms with Gasteiger partial charge in [-0.3, -0.25) is 9.89 Å². The van der Waals surface area contributed by atoms with E-state index >= 15 is 0 Å². The standard InChI is InChI=1S/C17H29N5O3S/c1-3-26(24,25)22(10-9-20-7-5-4-6-8-20)15-12-21(13-15)17(23)16-11-14(2)18-19-16/h11,15H,3-10,12-13H2,1-2H3,(H,18,19). The molecule has 0 spiro atoms. The highest BCUT2D eigenvalue weighted by Crippen LogP contribution is 2.21. The Bertz CT molecular complexity index is 721. The van der Waals surface area contributed by atoms with E-state index in [4.69, 9.17) is 0 Å². The van der Waals surface area contributed by atoms with Crippen LogP contribution in [0.2, 0.25) is 0 Å². The van der Waals surface area contributed by atoms with Crippen molar-refractivity contribution >= 4 is 15.9 Å². The molecular weight excluding hydrogens is 354 g/mol. The second kappa shape index (κ2) is 8.06. The van der Waals surface area contributed by atoms with Gasteiger partial charge in [0.2, 0.25) is 10.0 Å². The maximum absolute atomic E-state index is 12.5. The summed E-state index contributed by atoms with van der Waals surface area (Å²) in [4.78, 5) is 16.4. The second-order valence-electron chi connectivity index (χ2n) is 7.21. The molecule has 1 aromatic heterocycles. The number of sulfonamides is 1. The van der Waals surface area contributed by atoms with Crippen molar-refractivity contribution in [3.8, 4) is 0 Å². The average Bonchev–Trinajstić information content (AvgIpc) is 3.03. The minimum absolute atomic E-state index is 0.0933. The predicted octanol–water partition coefficient (Wildman–Crippen LogP) is 0.680. The fraction of sp³-hybridized carbons (Fsp3) is 0.765. The summed E-state index contributed by atoms with van der Waals surface area (Å²) >= 11 is 0. The summed E-state index contributed by atoms with van der Waals surface area (Å²) in [6.07, 6.45) is 3.64. The normalized spacial score (nSPS) is 19.7. The van der Waals surface area contributed by atoms with Crippen LogP contribution in [0.5, 0.6) is 0 Å². The first-order valence-corrected chi connectivity index (χ1v) is 11.0. The molecule has 9 heteroatoms. The topological polar surface area (TPSA) is 89.6 Å². The molecule has 8 nitrogen and oxygen atoms in total. The van der Waals surface area contributed by atoms with Gasteiger partial charge in [-0.05, 0) is 45.8 Å². The molecular formula is C17H29N5O3S. The third kappa shape index (κ3) is 4.27. The van der Waals surface area contributed by atoms with E-state index in [1.165, 1.54) is 19.3 Å². The molecule has 0 atom stereocenters. The molecule has 0 aliphatic carbocycles. The zero-order valence-electron chi connectivity index (χ0n) is 15.6. The Morgan fingerprint density at radius 3 is 2.58 bits per heavy atom. The van der Waals surface area contributed by atoms with Crippen LogP contribution < -0.4 is 0 Å². The molecule has 26 heavy (non-hydrogen) atoms. The minimum atomic E-state index is -3.28. The summed E-state index contributed by atoms with van der Waals surface area (Å²) in [5.74, 6) is -0.0498. The van der Waals surface area contributed by atoms with Gasteiger partial charge in [-0.15, -0.1) is 0 Å². The maximum Gasteiger partial charge on any atom is 0.274 e. The summed E-state index contributed by atoms with van der Waals surface area (Å²) < 4.78 is 26.7. The molecule has 2 saturated heterocycles. The van der Waals surface area contributed by atoms with E-state index in [-0.39, 0.29) is 17.7 Å². The number of nitrogens with one attached hydrogen (secondary N) is 1. The number of aromatic amines is 1. The van der Waals surface area contributed by atoms with Crippen molar-refractivity contribution in [3.05, 3.63) is 17.5 Å². The predicted molar refractivity (Wildman–Crippen MR) is 99.5 cm³/mol. The van der Waals surface area contributed by atoms with Gasteiger partial charge in [0.1, 0.15) is 5.69 Å². The summed E-state index contributed by atoms with van der Waals surface area (Å²) in [6.45, 7) is 7.76. The van der Waals surface area contributed by atoms with E-state index in [0.29, 0.717) is 25.3 Å². The van der Waals surface area contributed by atoms with Gasteiger partial charge in [-0.25, -0.2) is 8.42 Å². The number of aromatic nitrogens is 2. The summed E-state index contributed by atoms with van der Waals surface area (Å²) in [5, 5.41) is 6.76. The number of aryl methyl sites for hydroxylation is 1. The highest BCUT2D eigenvalue weighted by molar-refractivity contribution is 7.89. The van der Waals surface area contributed by atoms with Crippen molar-refractivity contribution < 1.29 is 13.2 Å². The SMILES string of the molecule is CCS(=O)(=O)N(CCN1CCCCC1)C1CN(C(=O)c2cc(C)[nH]n2)C1. The Labute approximate surface area is 155 Å². The number of amides is 1. The number of likely N-dealkylation sites (tertiary alicyclic amines) is 2. The number of hydrogen-bond acceptors (Lipinski definition) is 5. The van der Waals surface area contributed by atoms with Gasteiger partial charge in [-0.2, -0.15) is 9.40 Å². The van der Waals surface area contributed by atoms with Crippen LogP contribution in [-0.2, 0) is 10.0 Å². The Balaban J connectivity index is 1.59. The lowest BCUT2D eigenvalue weighted by molar-refractivity contribution is 0.0430. The molecule has 0 saturated carbocycles. The molecule has 3 heterocycles. The van der Waals surface area contributed by atoms with Crippen LogP contribution in [0.25, 0.3) is 0 Å².